The van der Waals surface area contributed by atoms with Crippen molar-refractivity contribution in [3.63, 3.8) is 0 Å². The lowest BCUT2D eigenvalue weighted by Crippen LogP contribution is -2.01. The molecular formula is C54H42N4O7. The molecule has 0 atom stereocenters. The summed E-state index contributed by atoms with van der Waals surface area (Å²) in [6.07, 6.45) is 14.4. The molecule has 6 aromatic carbocycles. The van der Waals surface area contributed by atoms with Gasteiger partial charge in [-0.15, -0.1) is 0 Å². The smallest absolute Gasteiger partial charge is 0.337 e. The van der Waals surface area contributed by atoms with Crippen LogP contribution < -0.4 is 0 Å². The highest BCUT2D eigenvalue weighted by Gasteiger charge is 2.04. The number of carbonyl (C=O) groups is 6. The molecule has 0 aliphatic rings. The summed E-state index contributed by atoms with van der Waals surface area (Å²) in [6.45, 7) is 0. The number of imidazole rings is 1. The number of aldehydes is 5. The first kappa shape index (κ1) is 47.0. The lowest BCUT2D eigenvalue weighted by molar-refractivity contribution is 0.0600. The van der Waals surface area contributed by atoms with Gasteiger partial charge in [0, 0.05) is 69.9 Å². The molecule has 0 fully saturated rings. The van der Waals surface area contributed by atoms with Gasteiger partial charge in [-0.2, -0.15) is 0 Å². The van der Waals surface area contributed by atoms with Crippen LogP contribution in [0, 0.1) is 0 Å². The monoisotopic (exact) mass is 858 g/mol. The highest BCUT2D eigenvalue weighted by atomic mass is 16.5. The Balaban J connectivity index is 0.000000153. The molecule has 65 heavy (non-hydrogen) atoms. The summed E-state index contributed by atoms with van der Waals surface area (Å²) >= 11 is 0. The standard InChI is InChI=1S/C13H10O.C12H9NO.C10H8N2O.C10H7NO.C9H8O3/c14-10-11-6-8-13(9-7-11)12-4-2-1-3-5-12;14-9-10-3-5-11(6-4-10)12-2-1-7-13-8-12;13-7-9-1-3-10(4-2-9)12-6-5-11-8-12;12-7-8-5-9-3-1-2-4-10(9)11-6-8;1-12-9(11)8-4-2-3-7(5-8)6-10/h1-10H;1-9H;1-8H;1-7H;2-6H,1H3. The van der Waals surface area contributed by atoms with Gasteiger partial charge in [0.2, 0.25) is 0 Å². The van der Waals surface area contributed by atoms with Gasteiger partial charge in [-0.05, 0) is 76.9 Å². The molecule has 320 valence electrons. The maximum Gasteiger partial charge on any atom is 0.337 e. The first-order valence-electron chi connectivity index (χ1n) is 19.9. The van der Waals surface area contributed by atoms with Crippen molar-refractivity contribution in [2.75, 3.05) is 7.11 Å². The van der Waals surface area contributed by atoms with E-state index in [1.807, 2.05) is 120 Å². The van der Waals surface area contributed by atoms with Gasteiger partial charge in [0.15, 0.2) is 6.29 Å². The van der Waals surface area contributed by atoms with Crippen molar-refractivity contribution in [3.05, 3.63) is 241 Å². The third kappa shape index (κ3) is 14.8. The average molecular weight is 859 g/mol. The van der Waals surface area contributed by atoms with Crippen molar-refractivity contribution in [2.45, 2.75) is 0 Å². The van der Waals surface area contributed by atoms with Crippen LogP contribution in [0.3, 0.4) is 0 Å². The third-order valence-corrected chi connectivity index (χ3v) is 9.22. The number of methoxy groups -OCH3 is 1. The minimum atomic E-state index is -0.432. The fraction of sp³-hybridized carbons (Fsp3) is 0.0185. The average Bonchev–Trinajstić information content (AvgIpc) is 3.95. The second-order valence-electron chi connectivity index (χ2n) is 13.6. The molecule has 9 aromatic rings. The molecule has 11 heteroatoms. The quantitative estimate of drug-likeness (QED) is 0.101. The van der Waals surface area contributed by atoms with Crippen molar-refractivity contribution in [1.29, 1.82) is 0 Å². The number of pyridine rings is 2. The number of benzene rings is 6. The summed E-state index contributed by atoms with van der Waals surface area (Å²) < 4.78 is 6.36. The van der Waals surface area contributed by atoms with Crippen LogP contribution in [0.25, 0.3) is 38.8 Å². The number of carbonyl (C=O) groups excluding carboxylic acids is 6. The minimum Gasteiger partial charge on any atom is -0.465 e. The Hall–Kier alpha value is -9.09. The predicted molar refractivity (Wildman–Crippen MR) is 252 cm³/mol. The molecule has 0 spiro atoms. The van der Waals surface area contributed by atoms with E-state index in [0.717, 1.165) is 58.4 Å². The molecule has 0 aliphatic heterocycles. The number of aromatic nitrogens is 4. The van der Waals surface area contributed by atoms with Crippen LogP contribution in [0.4, 0.5) is 0 Å². The third-order valence-electron chi connectivity index (χ3n) is 9.22. The molecule has 9 rings (SSSR count). The molecule has 0 radical (unpaired) electrons. The maximum atomic E-state index is 10.9. The molecule has 0 amide bonds. The van der Waals surface area contributed by atoms with Gasteiger partial charge in [0.25, 0.3) is 0 Å². The largest absolute Gasteiger partial charge is 0.465 e. The highest BCUT2D eigenvalue weighted by molar-refractivity contribution is 5.91. The molecule has 0 bridgehead atoms. The number of esters is 1. The molecule has 0 N–H and O–H groups in total. The number of ether oxygens (including phenoxy) is 1. The van der Waals surface area contributed by atoms with E-state index in [-0.39, 0.29) is 0 Å². The van der Waals surface area contributed by atoms with Gasteiger partial charge >= 0.3 is 5.97 Å². The van der Waals surface area contributed by atoms with E-state index in [1.54, 1.807) is 73.6 Å². The fourth-order valence-electron chi connectivity index (χ4n) is 5.82. The highest BCUT2D eigenvalue weighted by Crippen LogP contribution is 2.19. The summed E-state index contributed by atoms with van der Waals surface area (Å²) in [5.74, 6) is -0.432. The summed E-state index contributed by atoms with van der Waals surface area (Å²) in [4.78, 5) is 75.0. The lowest BCUT2D eigenvalue weighted by atomic mass is 10.0. The zero-order chi connectivity index (χ0) is 46.1. The van der Waals surface area contributed by atoms with Crippen LogP contribution in [-0.4, -0.2) is 64.0 Å². The Bertz CT molecular complexity index is 2800. The number of hydrogen-bond acceptors (Lipinski definition) is 10. The second kappa shape index (κ2) is 25.6. The van der Waals surface area contributed by atoms with Gasteiger partial charge in [-0.3, -0.25) is 33.9 Å². The zero-order valence-corrected chi connectivity index (χ0v) is 35.2. The van der Waals surface area contributed by atoms with Crippen molar-refractivity contribution in [2.24, 2.45) is 0 Å². The van der Waals surface area contributed by atoms with Crippen LogP contribution in [0.1, 0.15) is 62.1 Å². The summed E-state index contributed by atoms with van der Waals surface area (Å²) in [6, 6.07) is 52.2. The second-order valence-corrected chi connectivity index (χ2v) is 13.6. The Morgan fingerprint density at radius 3 is 1.58 bits per heavy atom. The first-order chi connectivity index (χ1) is 31.9. The van der Waals surface area contributed by atoms with Gasteiger partial charge in [0.05, 0.1) is 24.5 Å². The summed E-state index contributed by atoms with van der Waals surface area (Å²) in [5, 5.41) is 1.00. The molecular weight excluding hydrogens is 817 g/mol. The number of rotatable bonds is 9. The molecule has 3 heterocycles. The summed E-state index contributed by atoms with van der Waals surface area (Å²) in [7, 11) is 1.30. The van der Waals surface area contributed by atoms with Gasteiger partial charge in [-0.25, -0.2) is 9.78 Å². The van der Waals surface area contributed by atoms with E-state index in [2.05, 4.69) is 31.8 Å². The number of fused-ring (bicyclic) bond motifs is 1. The SMILES string of the molecule is COC(=O)c1cccc(C=O)c1.O=Cc1ccc(-c2ccccc2)cc1.O=Cc1ccc(-c2cccnc2)cc1.O=Cc1ccc(-n2ccnc2)cc1.O=Cc1cnc2ccccc2c1. The van der Waals surface area contributed by atoms with E-state index in [9.17, 15) is 28.8 Å². The summed E-state index contributed by atoms with van der Waals surface area (Å²) in [5.41, 5.74) is 9.93. The Morgan fingerprint density at radius 2 is 1.03 bits per heavy atom. The Morgan fingerprint density at radius 1 is 0.477 bits per heavy atom. The first-order valence-corrected chi connectivity index (χ1v) is 19.9. The van der Waals surface area contributed by atoms with Crippen LogP contribution in [-0.2, 0) is 4.74 Å². The normalized spacial score (nSPS) is 9.68. The van der Waals surface area contributed by atoms with Crippen LogP contribution in [0.5, 0.6) is 0 Å². The Kier molecular flexibility index (Phi) is 18.5. The van der Waals surface area contributed by atoms with Gasteiger partial charge < -0.3 is 9.30 Å². The van der Waals surface area contributed by atoms with E-state index >= 15 is 0 Å². The number of nitrogens with zero attached hydrogens (tertiary/aromatic N) is 4. The minimum absolute atomic E-state index is 0.391. The molecule has 0 saturated heterocycles. The number of para-hydroxylation sites is 1. The molecule has 0 aliphatic carbocycles. The predicted octanol–water partition coefficient (Wildman–Crippen LogP) is 10.7. The van der Waals surface area contributed by atoms with Gasteiger partial charge in [-0.1, -0.05) is 115 Å². The maximum absolute atomic E-state index is 10.9. The van der Waals surface area contributed by atoms with Crippen molar-refractivity contribution < 1.29 is 33.5 Å². The molecule has 0 saturated carbocycles. The Labute approximate surface area is 375 Å². The van der Waals surface area contributed by atoms with Crippen LogP contribution in [0.15, 0.2) is 207 Å². The molecule has 11 nitrogen and oxygen atoms in total. The van der Waals surface area contributed by atoms with Crippen molar-refractivity contribution in [1.82, 2.24) is 19.5 Å². The van der Waals surface area contributed by atoms with Crippen molar-refractivity contribution in [3.8, 4) is 27.9 Å². The molecule has 0 unspecified atom stereocenters. The topological polar surface area (TPSA) is 155 Å². The molecule has 3 aromatic heterocycles. The number of hydrogen-bond donors (Lipinski definition) is 0. The van der Waals surface area contributed by atoms with E-state index in [0.29, 0.717) is 39.7 Å². The zero-order valence-electron chi connectivity index (χ0n) is 35.2. The van der Waals surface area contributed by atoms with Crippen molar-refractivity contribution >= 4 is 48.3 Å². The van der Waals surface area contributed by atoms with Crippen LogP contribution in [0.2, 0.25) is 0 Å². The van der Waals surface area contributed by atoms with Crippen LogP contribution >= 0.6 is 0 Å². The van der Waals surface area contributed by atoms with E-state index < -0.39 is 5.97 Å². The lowest BCUT2D eigenvalue weighted by Gasteiger charge is -2.00. The fourth-order valence-corrected chi connectivity index (χ4v) is 5.82. The van der Waals surface area contributed by atoms with E-state index in [4.69, 9.17) is 0 Å². The van der Waals surface area contributed by atoms with E-state index in [1.165, 1.54) is 18.7 Å². The van der Waals surface area contributed by atoms with Gasteiger partial charge in [0.1, 0.15) is 25.1 Å².